The van der Waals surface area contributed by atoms with Crippen molar-refractivity contribution in [3.05, 3.63) is 47.8 Å². The minimum atomic E-state index is -4.68. The third-order valence-electron chi connectivity index (χ3n) is 4.56. The Kier molecular flexibility index (Phi) is 5.11. The molecule has 0 spiro atoms. The number of nitrogens with zero attached hydrogens (tertiary/aromatic N) is 2. The highest BCUT2D eigenvalue weighted by atomic mass is 19.4. The summed E-state index contributed by atoms with van der Waals surface area (Å²) >= 11 is 0. The van der Waals surface area contributed by atoms with Gasteiger partial charge in [-0.2, -0.15) is 18.3 Å². The monoisotopic (exact) mass is 351 g/mol. The van der Waals surface area contributed by atoms with Gasteiger partial charge in [0.15, 0.2) is 5.69 Å². The van der Waals surface area contributed by atoms with Gasteiger partial charge in [-0.05, 0) is 30.9 Å². The minimum absolute atomic E-state index is 0.265. The van der Waals surface area contributed by atoms with Crippen molar-refractivity contribution in [2.45, 2.75) is 38.3 Å². The molecule has 1 fully saturated rings. The summed E-state index contributed by atoms with van der Waals surface area (Å²) < 4.78 is 41.4. The van der Waals surface area contributed by atoms with Gasteiger partial charge >= 0.3 is 6.18 Å². The molecule has 1 aromatic heterocycles. The predicted molar refractivity (Wildman–Crippen MR) is 87.5 cm³/mol. The van der Waals surface area contributed by atoms with Gasteiger partial charge < -0.3 is 5.32 Å². The van der Waals surface area contributed by atoms with Gasteiger partial charge in [0, 0.05) is 6.54 Å². The van der Waals surface area contributed by atoms with Crippen LogP contribution in [0.15, 0.2) is 36.5 Å². The number of carbonyl (C=O) groups is 1. The molecule has 7 heteroatoms. The van der Waals surface area contributed by atoms with Crippen LogP contribution in [-0.4, -0.2) is 22.2 Å². The van der Waals surface area contributed by atoms with Crippen LogP contribution in [0.2, 0.25) is 0 Å². The molecule has 1 aliphatic rings. The summed E-state index contributed by atoms with van der Waals surface area (Å²) in [6.07, 6.45) is 1.74. The van der Waals surface area contributed by atoms with Crippen LogP contribution in [0.3, 0.4) is 0 Å². The molecule has 4 nitrogen and oxygen atoms in total. The molecule has 2 aromatic rings. The third kappa shape index (κ3) is 4.03. The second-order valence-electron chi connectivity index (χ2n) is 6.37. The van der Waals surface area contributed by atoms with Gasteiger partial charge in [-0.25, -0.2) is 4.68 Å². The Labute approximate surface area is 144 Å². The summed E-state index contributed by atoms with van der Waals surface area (Å²) in [5, 5.41) is 6.46. The van der Waals surface area contributed by atoms with E-state index >= 15 is 0 Å². The molecule has 1 heterocycles. The first kappa shape index (κ1) is 17.5. The van der Waals surface area contributed by atoms with Gasteiger partial charge in [-0.3, -0.25) is 4.79 Å². The quantitative estimate of drug-likeness (QED) is 0.897. The number of rotatable bonds is 4. The van der Waals surface area contributed by atoms with Gasteiger partial charge in [0.2, 0.25) is 0 Å². The Hall–Kier alpha value is -2.31. The van der Waals surface area contributed by atoms with E-state index in [1.54, 1.807) is 18.2 Å². The standard InChI is InChI=1S/C18H20F3N3O/c19-18(20,21)16-15(12-23-24(16)14-9-5-2-6-10-14)17(25)22-11-13-7-3-1-4-8-13/h2,5-6,9-10,12-13H,1,3-4,7-8,11H2,(H,22,25). The molecule has 1 N–H and O–H groups in total. The van der Waals surface area contributed by atoms with Gasteiger partial charge in [0.05, 0.1) is 17.4 Å². The maximum atomic E-state index is 13.5. The lowest BCUT2D eigenvalue weighted by Crippen LogP contribution is -2.31. The second kappa shape index (κ2) is 7.29. The number of alkyl halides is 3. The molecule has 0 unspecified atom stereocenters. The Morgan fingerprint density at radius 3 is 2.48 bits per heavy atom. The molecule has 0 bridgehead atoms. The molecule has 0 radical (unpaired) electrons. The molecule has 0 aliphatic heterocycles. The SMILES string of the molecule is O=C(NCC1CCCCC1)c1cnn(-c2ccccc2)c1C(F)(F)F. The van der Waals surface area contributed by atoms with Gasteiger partial charge in [-0.1, -0.05) is 37.5 Å². The largest absolute Gasteiger partial charge is 0.434 e. The highest BCUT2D eigenvalue weighted by Crippen LogP contribution is 2.33. The van der Waals surface area contributed by atoms with E-state index in [2.05, 4.69) is 10.4 Å². The molecular weight excluding hydrogens is 331 g/mol. The van der Waals surface area contributed by atoms with Crippen LogP contribution >= 0.6 is 0 Å². The summed E-state index contributed by atoms with van der Waals surface area (Å²) in [5.41, 5.74) is -1.21. The van der Waals surface area contributed by atoms with Crippen molar-refractivity contribution in [3.8, 4) is 5.69 Å². The zero-order valence-corrected chi connectivity index (χ0v) is 13.7. The van der Waals surface area contributed by atoms with Gasteiger partial charge in [0.25, 0.3) is 5.91 Å². The van der Waals surface area contributed by atoms with Crippen molar-refractivity contribution in [2.75, 3.05) is 6.54 Å². The topological polar surface area (TPSA) is 46.9 Å². The highest BCUT2D eigenvalue weighted by Gasteiger charge is 2.40. The minimum Gasteiger partial charge on any atom is -0.352 e. The number of para-hydroxylation sites is 1. The fourth-order valence-corrected chi connectivity index (χ4v) is 3.28. The van der Waals surface area contributed by atoms with Crippen LogP contribution in [0.25, 0.3) is 5.69 Å². The van der Waals surface area contributed by atoms with Crippen LogP contribution in [0, 0.1) is 5.92 Å². The summed E-state index contributed by atoms with van der Waals surface area (Å²) in [7, 11) is 0. The van der Waals surface area contributed by atoms with E-state index in [0.717, 1.165) is 36.6 Å². The van der Waals surface area contributed by atoms with Crippen molar-refractivity contribution < 1.29 is 18.0 Å². The number of hydrogen-bond acceptors (Lipinski definition) is 2. The first-order valence-electron chi connectivity index (χ1n) is 8.45. The summed E-state index contributed by atoms with van der Waals surface area (Å²) in [6, 6.07) is 8.00. The molecule has 1 saturated carbocycles. The Morgan fingerprint density at radius 2 is 1.84 bits per heavy atom. The molecule has 1 aliphatic carbocycles. The second-order valence-corrected chi connectivity index (χ2v) is 6.37. The Balaban J connectivity index is 1.83. The predicted octanol–water partition coefficient (Wildman–Crippen LogP) is 4.20. The van der Waals surface area contributed by atoms with E-state index in [4.69, 9.17) is 0 Å². The zero-order valence-electron chi connectivity index (χ0n) is 13.7. The van der Waals surface area contributed by atoms with Crippen LogP contribution in [0.1, 0.15) is 48.2 Å². The third-order valence-corrected chi connectivity index (χ3v) is 4.56. The number of benzene rings is 1. The van der Waals surface area contributed by atoms with Crippen LogP contribution in [0.4, 0.5) is 13.2 Å². The van der Waals surface area contributed by atoms with Gasteiger partial charge in [0.1, 0.15) is 0 Å². The summed E-state index contributed by atoms with van der Waals surface area (Å²) in [6.45, 7) is 0.409. The van der Waals surface area contributed by atoms with E-state index in [9.17, 15) is 18.0 Å². The lowest BCUT2D eigenvalue weighted by atomic mass is 9.89. The van der Waals surface area contributed by atoms with Crippen molar-refractivity contribution >= 4 is 5.91 Å². The first-order chi connectivity index (χ1) is 12.0. The fourth-order valence-electron chi connectivity index (χ4n) is 3.28. The highest BCUT2D eigenvalue weighted by molar-refractivity contribution is 5.95. The summed E-state index contributed by atoms with van der Waals surface area (Å²) in [5.74, 6) is -0.378. The molecule has 25 heavy (non-hydrogen) atoms. The zero-order chi connectivity index (χ0) is 17.9. The van der Waals surface area contributed by atoms with Crippen molar-refractivity contribution in [2.24, 2.45) is 5.92 Å². The molecule has 1 aromatic carbocycles. The molecule has 1 amide bonds. The van der Waals surface area contributed by atoms with Crippen LogP contribution in [-0.2, 0) is 6.18 Å². The number of halogens is 3. The molecule has 0 saturated heterocycles. The van der Waals surface area contributed by atoms with E-state index in [-0.39, 0.29) is 5.69 Å². The maximum Gasteiger partial charge on any atom is 0.434 e. The Bertz CT molecular complexity index is 719. The van der Waals surface area contributed by atoms with E-state index in [0.29, 0.717) is 12.5 Å². The lowest BCUT2D eigenvalue weighted by Gasteiger charge is -2.21. The smallest absolute Gasteiger partial charge is 0.352 e. The number of amides is 1. The van der Waals surface area contributed by atoms with E-state index in [1.165, 1.54) is 18.6 Å². The normalized spacial score (nSPS) is 16.0. The average molecular weight is 351 g/mol. The number of nitrogens with one attached hydrogen (secondary N) is 1. The molecule has 134 valence electrons. The Morgan fingerprint density at radius 1 is 1.16 bits per heavy atom. The van der Waals surface area contributed by atoms with Crippen LogP contribution < -0.4 is 5.32 Å². The van der Waals surface area contributed by atoms with E-state index < -0.39 is 23.3 Å². The van der Waals surface area contributed by atoms with Crippen molar-refractivity contribution in [1.82, 2.24) is 15.1 Å². The van der Waals surface area contributed by atoms with E-state index in [1.807, 2.05) is 0 Å². The number of aromatic nitrogens is 2. The molecule has 3 rings (SSSR count). The number of carbonyl (C=O) groups excluding carboxylic acids is 1. The molecule has 0 atom stereocenters. The number of hydrogen-bond donors (Lipinski definition) is 1. The molecular formula is C18H20F3N3O. The van der Waals surface area contributed by atoms with Gasteiger partial charge in [-0.15, -0.1) is 0 Å². The average Bonchev–Trinajstić information content (AvgIpc) is 3.07. The lowest BCUT2D eigenvalue weighted by molar-refractivity contribution is -0.143. The fraction of sp³-hybridized carbons (Fsp3) is 0.444. The van der Waals surface area contributed by atoms with Crippen molar-refractivity contribution in [1.29, 1.82) is 0 Å². The first-order valence-corrected chi connectivity index (χ1v) is 8.45. The van der Waals surface area contributed by atoms with Crippen molar-refractivity contribution in [3.63, 3.8) is 0 Å². The van der Waals surface area contributed by atoms with Crippen LogP contribution in [0.5, 0.6) is 0 Å². The maximum absolute atomic E-state index is 13.5. The summed E-state index contributed by atoms with van der Waals surface area (Å²) in [4.78, 5) is 12.3.